The highest BCUT2D eigenvalue weighted by Crippen LogP contribution is 2.39. The molecular weight excluding hydrogens is 462 g/mol. The average Bonchev–Trinajstić information content (AvgIpc) is 3.21. The lowest BCUT2D eigenvalue weighted by atomic mass is 9.95. The van der Waals surface area contributed by atoms with Crippen LogP contribution in [-0.4, -0.2) is 51.9 Å². The lowest BCUT2D eigenvalue weighted by Gasteiger charge is -2.13. The summed E-state index contributed by atoms with van der Waals surface area (Å²) in [5.41, 5.74) is 3.91. The Kier molecular flexibility index (Phi) is 8.47. The maximum atomic E-state index is 12.5. The van der Waals surface area contributed by atoms with Crippen LogP contribution >= 0.6 is 11.3 Å². The van der Waals surface area contributed by atoms with E-state index in [1.54, 1.807) is 19.1 Å². The van der Waals surface area contributed by atoms with E-state index in [-0.39, 0.29) is 6.61 Å². The highest BCUT2D eigenvalue weighted by molar-refractivity contribution is 7.17. The largest absolute Gasteiger partial charge is 0.493 e. The molecule has 0 aliphatic heterocycles. The third-order valence-electron chi connectivity index (χ3n) is 5.19. The normalized spacial score (nSPS) is 12.6. The van der Waals surface area contributed by atoms with Crippen molar-refractivity contribution in [2.45, 2.75) is 32.6 Å². The summed E-state index contributed by atoms with van der Waals surface area (Å²) >= 11 is 1.30. The van der Waals surface area contributed by atoms with Crippen LogP contribution in [0.2, 0.25) is 0 Å². The zero-order valence-electron chi connectivity index (χ0n) is 19.5. The van der Waals surface area contributed by atoms with E-state index >= 15 is 0 Å². The maximum Gasteiger partial charge on any atom is 0.341 e. The van der Waals surface area contributed by atoms with Gasteiger partial charge in [-0.2, -0.15) is 5.10 Å². The number of methoxy groups -OCH3 is 3. The van der Waals surface area contributed by atoms with E-state index in [2.05, 4.69) is 15.8 Å². The molecule has 2 aromatic rings. The standard InChI is InChI=1S/C23H27N3O7S/c1-5-33-23(29)17-14-8-6-7-9-16(14)34-22(17)25-20(27)21(28)26-24-12-13-10-11-15(30-2)19(32-4)18(13)31-3/h10-12H,5-9H2,1-4H3,(H,25,27)(H,26,28)/b24-12+. The molecule has 1 aliphatic rings. The second-order valence-electron chi connectivity index (χ2n) is 7.21. The molecule has 0 saturated carbocycles. The molecule has 0 saturated heterocycles. The van der Waals surface area contributed by atoms with Crippen molar-refractivity contribution >= 4 is 40.3 Å². The van der Waals surface area contributed by atoms with Gasteiger partial charge in [0.1, 0.15) is 5.00 Å². The molecule has 34 heavy (non-hydrogen) atoms. The van der Waals surface area contributed by atoms with Crippen molar-refractivity contribution in [2.24, 2.45) is 5.10 Å². The number of hydrazone groups is 1. The number of ether oxygens (including phenoxy) is 4. The summed E-state index contributed by atoms with van der Waals surface area (Å²) in [7, 11) is 4.43. The number of fused-ring (bicyclic) bond motifs is 1. The number of carbonyl (C=O) groups excluding carboxylic acids is 3. The van der Waals surface area contributed by atoms with Gasteiger partial charge in [-0.25, -0.2) is 10.2 Å². The molecule has 0 bridgehead atoms. The lowest BCUT2D eigenvalue weighted by Crippen LogP contribution is -2.32. The van der Waals surface area contributed by atoms with Crippen LogP contribution in [-0.2, 0) is 27.2 Å². The molecular formula is C23H27N3O7S. The Balaban J connectivity index is 1.73. The number of benzene rings is 1. The number of hydrogen-bond donors (Lipinski definition) is 2. The Morgan fingerprint density at radius 1 is 1.03 bits per heavy atom. The van der Waals surface area contributed by atoms with Gasteiger partial charge in [-0.1, -0.05) is 0 Å². The minimum absolute atomic E-state index is 0.214. The van der Waals surface area contributed by atoms with Crippen LogP contribution in [0.25, 0.3) is 0 Å². The third kappa shape index (κ3) is 5.30. The van der Waals surface area contributed by atoms with Crippen molar-refractivity contribution < 1.29 is 33.3 Å². The minimum atomic E-state index is -0.989. The fraction of sp³-hybridized carbons (Fsp3) is 0.391. The number of thiophene rings is 1. The second kappa shape index (κ2) is 11.5. The topological polar surface area (TPSA) is 125 Å². The summed E-state index contributed by atoms with van der Waals surface area (Å²) in [4.78, 5) is 38.4. The van der Waals surface area contributed by atoms with Crippen LogP contribution in [0.4, 0.5) is 5.00 Å². The molecule has 0 atom stereocenters. The van der Waals surface area contributed by atoms with Crippen molar-refractivity contribution in [3.8, 4) is 17.2 Å². The summed E-state index contributed by atoms with van der Waals surface area (Å²) in [5, 5.41) is 6.70. The first-order valence-corrected chi connectivity index (χ1v) is 11.5. The number of carbonyl (C=O) groups is 3. The lowest BCUT2D eigenvalue weighted by molar-refractivity contribution is -0.136. The Bertz CT molecular complexity index is 1110. The molecule has 3 rings (SSSR count). The van der Waals surface area contributed by atoms with Gasteiger partial charge in [0.2, 0.25) is 5.75 Å². The molecule has 10 nitrogen and oxygen atoms in total. The van der Waals surface area contributed by atoms with Crippen molar-refractivity contribution in [1.82, 2.24) is 5.43 Å². The van der Waals surface area contributed by atoms with E-state index in [0.29, 0.717) is 33.4 Å². The molecule has 11 heteroatoms. The molecule has 0 fully saturated rings. The number of anilines is 1. The molecule has 1 aromatic heterocycles. The number of amides is 2. The number of rotatable bonds is 8. The molecule has 1 aliphatic carbocycles. The summed E-state index contributed by atoms with van der Waals surface area (Å²) in [6, 6.07) is 3.32. The summed E-state index contributed by atoms with van der Waals surface area (Å²) in [5.74, 6) is -1.25. The third-order valence-corrected chi connectivity index (χ3v) is 6.40. The van der Waals surface area contributed by atoms with Crippen LogP contribution in [0.1, 0.15) is 46.1 Å². The highest BCUT2D eigenvalue weighted by Gasteiger charge is 2.28. The summed E-state index contributed by atoms with van der Waals surface area (Å²) < 4.78 is 21.1. The van der Waals surface area contributed by atoms with Gasteiger partial charge in [-0.15, -0.1) is 11.3 Å². The van der Waals surface area contributed by atoms with E-state index in [4.69, 9.17) is 18.9 Å². The van der Waals surface area contributed by atoms with Crippen LogP contribution in [0, 0.1) is 0 Å². The second-order valence-corrected chi connectivity index (χ2v) is 8.32. The smallest absolute Gasteiger partial charge is 0.341 e. The molecule has 1 aromatic carbocycles. The van der Waals surface area contributed by atoms with Crippen molar-refractivity contribution in [2.75, 3.05) is 33.3 Å². The zero-order valence-corrected chi connectivity index (χ0v) is 20.3. The summed E-state index contributed by atoms with van der Waals surface area (Å²) in [6.07, 6.45) is 4.85. The van der Waals surface area contributed by atoms with Crippen molar-refractivity contribution in [3.63, 3.8) is 0 Å². The molecule has 0 unspecified atom stereocenters. The van der Waals surface area contributed by atoms with Gasteiger partial charge >= 0.3 is 17.8 Å². The monoisotopic (exact) mass is 489 g/mol. The molecule has 0 spiro atoms. The van der Waals surface area contributed by atoms with Crippen LogP contribution in [0.3, 0.4) is 0 Å². The van der Waals surface area contributed by atoms with Gasteiger partial charge in [-0.05, 0) is 50.3 Å². The van der Waals surface area contributed by atoms with Gasteiger partial charge in [0.25, 0.3) is 0 Å². The van der Waals surface area contributed by atoms with Crippen molar-refractivity contribution in [3.05, 3.63) is 33.7 Å². The molecule has 182 valence electrons. The Morgan fingerprint density at radius 3 is 2.44 bits per heavy atom. The molecule has 1 heterocycles. The number of aryl methyl sites for hydroxylation is 1. The Labute approximate surface area is 201 Å². The Hall–Kier alpha value is -3.60. The maximum absolute atomic E-state index is 12.5. The first-order valence-electron chi connectivity index (χ1n) is 10.7. The average molecular weight is 490 g/mol. The van der Waals surface area contributed by atoms with E-state index < -0.39 is 17.8 Å². The molecule has 0 radical (unpaired) electrons. The SMILES string of the molecule is CCOC(=O)c1c(NC(=O)C(=O)N/N=C/c2ccc(OC)c(OC)c2OC)sc2c1CCCC2. The number of hydrogen-bond acceptors (Lipinski definition) is 9. The van der Waals surface area contributed by atoms with Gasteiger partial charge in [-0.3, -0.25) is 9.59 Å². The molecule has 2 amide bonds. The highest BCUT2D eigenvalue weighted by atomic mass is 32.1. The van der Waals surface area contributed by atoms with Crippen molar-refractivity contribution in [1.29, 1.82) is 0 Å². The number of nitrogens with one attached hydrogen (secondary N) is 2. The molecule has 2 N–H and O–H groups in total. The Morgan fingerprint density at radius 2 is 1.76 bits per heavy atom. The van der Waals surface area contributed by atoms with E-state index in [0.717, 1.165) is 36.1 Å². The van der Waals surface area contributed by atoms with E-state index in [1.807, 2.05) is 0 Å². The number of esters is 1. The zero-order chi connectivity index (χ0) is 24.7. The quantitative estimate of drug-likeness (QED) is 0.253. The fourth-order valence-electron chi connectivity index (χ4n) is 3.67. The van der Waals surface area contributed by atoms with E-state index in [1.165, 1.54) is 38.9 Å². The van der Waals surface area contributed by atoms with Gasteiger partial charge in [0.05, 0.1) is 39.7 Å². The first-order chi connectivity index (χ1) is 16.4. The van der Waals surface area contributed by atoms with Crippen LogP contribution in [0.5, 0.6) is 17.2 Å². The predicted octanol–water partition coefficient (Wildman–Crippen LogP) is 2.92. The van der Waals surface area contributed by atoms with Gasteiger partial charge in [0, 0.05) is 10.4 Å². The fourth-order valence-corrected chi connectivity index (χ4v) is 4.94. The minimum Gasteiger partial charge on any atom is -0.493 e. The van der Waals surface area contributed by atoms with Gasteiger partial charge in [0.15, 0.2) is 11.5 Å². The van der Waals surface area contributed by atoms with Crippen LogP contribution < -0.4 is 25.0 Å². The number of nitrogens with zero attached hydrogens (tertiary/aromatic N) is 1. The predicted molar refractivity (Wildman–Crippen MR) is 127 cm³/mol. The van der Waals surface area contributed by atoms with Gasteiger partial charge < -0.3 is 24.3 Å². The first kappa shape index (κ1) is 25.0. The summed E-state index contributed by atoms with van der Waals surface area (Å²) in [6.45, 7) is 1.93. The van der Waals surface area contributed by atoms with E-state index in [9.17, 15) is 14.4 Å². The van der Waals surface area contributed by atoms with Crippen LogP contribution in [0.15, 0.2) is 17.2 Å².